The van der Waals surface area contributed by atoms with E-state index in [0.717, 1.165) is 5.56 Å². The Morgan fingerprint density at radius 3 is 2.73 bits per heavy atom. The Hall–Kier alpha value is -2.47. The van der Waals surface area contributed by atoms with Gasteiger partial charge >= 0.3 is 5.97 Å². The molecule has 1 amide bonds. The number of nitrogens with one attached hydrogen (secondary N) is 1. The van der Waals surface area contributed by atoms with Gasteiger partial charge in [0.1, 0.15) is 5.75 Å². The van der Waals surface area contributed by atoms with Gasteiger partial charge in [0, 0.05) is 12.0 Å². The number of hydrogen-bond acceptors (Lipinski definition) is 4. The first-order valence-electron chi connectivity index (χ1n) is 6.61. The summed E-state index contributed by atoms with van der Waals surface area (Å²) in [5.41, 5.74) is 0.789. The number of ether oxygens (including phenoxy) is 1. The largest absolute Gasteiger partial charge is 0.492 e. The van der Waals surface area contributed by atoms with E-state index in [0.29, 0.717) is 23.8 Å². The maximum atomic E-state index is 12.2. The molecule has 6 nitrogen and oxygen atoms in total. The molecule has 0 saturated heterocycles. The van der Waals surface area contributed by atoms with E-state index in [2.05, 4.69) is 5.32 Å². The lowest BCUT2D eigenvalue weighted by molar-refractivity contribution is 0.0659. The van der Waals surface area contributed by atoms with E-state index in [4.69, 9.17) is 25.9 Å². The van der Waals surface area contributed by atoms with Gasteiger partial charge in [0.15, 0.2) is 5.76 Å². The van der Waals surface area contributed by atoms with Crippen LogP contribution in [0.4, 0.5) is 0 Å². The van der Waals surface area contributed by atoms with Crippen LogP contribution in [-0.2, 0) is 0 Å². The van der Waals surface area contributed by atoms with E-state index in [1.807, 2.05) is 6.07 Å². The van der Waals surface area contributed by atoms with Crippen molar-refractivity contribution < 1.29 is 23.8 Å². The number of carbonyl (C=O) groups is 2. The topological polar surface area (TPSA) is 88.8 Å². The predicted molar refractivity (Wildman–Crippen MR) is 77.4 cm³/mol. The van der Waals surface area contributed by atoms with Gasteiger partial charge in [-0.25, -0.2) is 4.79 Å². The van der Waals surface area contributed by atoms with E-state index < -0.39 is 11.9 Å². The van der Waals surface area contributed by atoms with Crippen molar-refractivity contribution in [2.45, 2.75) is 12.5 Å². The molecular weight excluding hydrogens is 310 g/mol. The molecule has 3 rings (SSSR count). The van der Waals surface area contributed by atoms with Crippen LogP contribution in [0, 0.1) is 0 Å². The number of amides is 1. The predicted octanol–water partition coefficient (Wildman–Crippen LogP) is 2.88. The third-order valence-electron chi connectivity index (χ3n) is 3.37. The molecule has 2 heterocycles. The minimum absolute atomic E-state index is 0.0486. The highest BCUT2D eigenvalue weighted by molar-refractivity contribution is 6.32. The third kappa shape index (κ3) is 2.65. The van der Waals surface area contributed by atoms with E-state index in [9.17, 15) is 9.59 Å². The highest BCUT2D eigenvalue weighted by Gasteiger charge is 2.26. The van der Waals surface area contributed by atoms with Gasteiger partial charge in [0.05, 0.1) is 17.7 Å². The minimum atomic E-state index is -1.22. The first-order valence-corrected chi connectivity index (χ1v) is 6.99. The van der Waals surface area contributed by atoms with Gasteiger partial charge in [-0.2, -0.15) is 0 Å². The summed E-state index contributed by atoms with van der Waals surface area (Å²) in [6.07, 6.45) is 0.589. The summed E-state index contributed by atoms with van der Waals surface area (Å²) in [6.45, 7) is 0.431. The Morgan fingerprint density at radius 2 is 2.00 bits per heavy atom. The zero-order valence-corrected chi connectivity index (χ0v) is 12.1. The molecular formula is C15H12ClNO5. The van der Waals surface area contributed by atoms with Gasteiger partial charge in [0.2, 0.25) is 5.76 Å². The maximum Gasteiger partial charge on any atom is 0.371 e. The summed E-state index contributed by atoms with van der Waals surface area (Å²) in [5, 5.41) is 12.1. The number of carboxylic acids is 1. The van der Waals surface area contributed by atoms with Crippen molar-refractivity contribution in [3.63, 3.8) is 0 Å². The van der Waals surface area contributed by atoms with Crippen LogP contribution < -0.4 is 10.1 Å². The fraction of sp³-hybridized carbons (Fsp3) is 0.200. The molecule has 2 aromatic rings. The van der Waals surface area contributed by atoms with Crippen LogP contribution in [0.5, 0.6) is 5.75 Å². The minimum Gasteiger partial charge on any atom is -0.492 e. The van der Waals surface area contributed by atoms with Gasteiger partial charge in [0.25, 0.3) is 5.91 Å². The van der Waals surface area contributed by atoms with Crippen LogP contribution in [0.15, 0.2) is 34.7 Å². The number of fused-ring (bicyclic) bond motifs is 1. The van der Waals surface area contributed by atoms with Crippen molar-refractivity contribution in [3.8, 4) is 5.75 Å². The molecule has 7 heteroatoms. The Kier molecular flexibility index (Phi) is 3.77. The normalized spacial score (nSPS) is 16.5. The number of carbonyl (C=O) groups excluding carboxylic acids is 1. The average Bonchev–Trinajstić information content (AvgIpc) is 2.98. The van der Waals surface area contributed by atoms with Crippen LogP contribution in [0.1, 0.15) is 39.1 Å². The van der Waals surface area contributed by atoms with Crippen LogP contribution in [0.25, 0.3) is 0 Å². The molecule has 22 heavy (non-hydrogen) atoms. The molecule has 1 aliphatic heterocycles. The van der Waals surface area contributed by atoms with Crippen molar-refractivity contribution in [1.29, 1.82) is 0 Å². The molecule has 0 aliphatic carbocycles. The van der Waals surface area contributed by atoms with Crippen molar-refractivity contribution >= 4 is 23.5 Å². The summed E-state index contributed by atoms with van der Waals surface area (Å²) in [5.74, 6) is -1.47. The molecule has 0 unspecified atom stereocenters. The number of para-hydroxylation sites is 1. The standard InChI is InChI=1S/C15H12ClNO5/c16-9-3-1-2-8-10(6-7-21-13(8)9)17-14(18)11-4-5-12(22-11)15(19)20/h1-5,10H,6-7H2,(H,17,18)(H,19,20)/t10-/m1/s1. The molecule has 1 aliphatic rings. The SMILES string of the molecule is O=C(O)c1ccc(C(=O)N[C@@H]2CCOc3c(Cl)cccc32)o1. The van der Waals surface area contributed by atoms with Crippen molar-refractivity contribution in [1.82, 2.24) is 5.32 Å². The van der Waals surface area contributed by atoms with E-state index in [-0.39, 0.29) is 17.6 Å². The fourth-order valence-electron chi connectivity index (χ4n) is 2.34. The zero-order valence-electron chi connectivity index (χ0n) is 11.3. The zero-order chi connectivity index (χ0) is 15.7. The Morgan fingerprint density at radius 1 is 1.23 bits per heavy atom. The summed E-state index contributed by atoms with van der Waals surface area (Å²) < 4.78 is 10.5. The smallest absolute Gasteiger partial charge is 0.371 e. The van der Waals surface area contributed by atoms with Gasteiger partial charge in [-0.05, 0) is 18.2 Å². The van der Waals surface area contributed by atoms with E-state index in [1.165, 1.54) is 12.1 Å². The number of furan rings is 1. The van der Waals surface area contributed by atoms with Crippen LogP contribution in [0.2, 0.25) is 5.02 Å². The second-order valence-electron chi connectivity index (χ2n) is 4.79. The summed E-state index contributed by atoms with van der Waals surface area (Å²) in [4.78, 5) is 22.9. The van der Waals surface area contributed by atoms with E-state index in [1.54, 1.807) is 12.1 Å². The first-order chi connectivity index (χ1) is 10.6. The number of aromatic carboxylic acids is 1. The quantitative estimate of drug-likeness (QED) is 0.907. The number of rotatable bonds is 3. The van der Waals surface area contributed by atoms with Gasteiger partial charge in [-0.3, -0.25) is 4.79 Å². The van der Waals surface area contributed by atoms with E-state index >= 15 is 0 Å². The molecule has 0 spiro atoms. The molecule has 114 valence electrons. The second-order valence-corrected chi connectivity index (χ2v) is 5.20. The molecule has 1 atom stereocenters. The fourth-order valence-corrected chi connectivity index (χ4v) is 2.58. The number of carboxylic acid groups (broad SMARTS) is 1. The van der Waals surface area contributed by atoms with Crippen LogP contribution >= 0.6 is 11.6 Å². The Labute approximate surface area is 130 Å². The van der Waals surface area contributed by atoms with Crippen molar-refractivity contribution in [3.05, 3.63) is 52.4 Å². The second kappa shape index (κ2) is 5.73. The number of benzene rings is 1. The van der Waals surface area contributed by atoms with Gasteiger partial charge < -0.3 is 19.6 Å². The molecule has 1 aromatic carbocycles. The maximum absolute atomic E-state index is 12.2. The van der Waals surface area contributed by atoms with Gasteiger partial charge in [-0.1, -0.05) is 23.7 Å². The summed E-state index contributed by atoms with van der Waals surface area (Å²) in [6, 6.07) is 7.63. The number of hydrogen-bond donors (Lipinski definition) is 2. The highest BCUT2D eigenvalue weighted by Crippen LogP contribution is 2.37. The van der Waals surface area contributed by atoms with Gasteiger partial charge in [-0.15, -0.1) is 0 Å². The monoisotopic (exact) mass is 321 g/mol. The third-order valence-corrected chi connectivity index (χ3v) is 3.67. The Bertz CT molecular complexity index is 739. The van der Waals surface area contributed by atoms with Crippen molar-refractivity contribution in [2.75, 3.05) is 6.61 Å². The van der Waals surface area contributed by atoms with Crippen LogP contribution in [0.3, 0.4) is 0 Å². The molecule has 0 radical (unpaired) electrons. The lowest BCUT2D eigenvalue weighted by Crippen LogP contribution is -2.32. The molecule has 0 saturated carbocycles. The Balaban J connectivity index is 1.80. The van der Waals surface area contributed by atoms with Crippen molar-refractivity contribution in [2.24, 2.45) is 0 Å². The number of halogens is 1. The lowest BCUT2D eigenvalue weighted by atomic mass is 10.0. The summed E-state index contributed by atoms with van der Waals surface area (Å²) >= 11 is 6.08. The van der Waals surface area contributed by atoms with Crippen LogP contribution in [-0.4, -0.2) is 23.6 Å². The lowest BCUT2D eigenvalue weighted by Gasteiger charge is -2.27. The molecule has 0 bridgehead atoms. The highest BCUT2D eigenvalue weighted by atomic mass is 35.5. The molecule has 1 aromatic heterocycles. The molecule has 2 N–H and O–H groups in total. The average molecular weight is 322 g/mol. The summed E-state index contributed by atoms with van der Waals surface area (Å²) in [7, 11) is 0. The first kappa shape index (κ1) is 14.5. The molecule has 0 fully saturated rings.